The number of nitrogens with zero attached hydrogens (tertiary/aromatic N) is 2. The van der Waals surface area contributed by atoms with Crippen LogP contribution in [0.3, 0.4) is 0 Å². The van der Waals surface area contributed by atoms with Gasteiger partial charge in [-0.15, -0.1) is 10.2 Å². The molecule has 0 fully saturated rings. The van der Waals surface area contributed by atoms with E-state index in [4.69, 9.17) is 4.42 Å². The maximum atomic E-state index is 5.26. The Hall–Kier alpha value is -0.550. The zero-order chi connectivity index (χ0) is 8.97. The topological polar surface area (TPSA) is 51.0 Å². The van der Waals surface area contributed by atoms with Crippen molar-refractivity contribution in [1.82, 2.24) is 15.5 Å². The van der Waals surface area contributed by atoms with Crippen molar-refractivity contribution < 1.29 is 4.42 Å². The van der Waals surface area contributed by atoms with Crippen molar-refractivity contribution in [3.05, 3.63) is 5.89 Å². The van der Waals surface area contributed by atoms with Gasteiger partial charge in [-0.2, -0.15) is 0 Å². The van der Waals surface area contributed by atoms with Crippen molar-refractivity contribution >= 4 is 11.8 Å². The van der Waals surface area contributed by atoms with E-state index in [0.717, 1.165) is 0 Å². The van der Waals surface area contributed by atoms with Crippen LogP contribution in [0.1, 0.15) is 19.7 Å². The first-order chi connectivity index (χ1) is 5.72. The van der Waals surface area contributed by atoms with Gasteiger partial charge in [0, 0.05) is 6.04 Å². The van der Waals surface area contributed by atoms with E-state index in [1.165, 1.54) is 11.8 Å². The Morgan fingerprint density at radius 2 is 2.25 bits per heavy atom. The molecule has 0 bridgehead atoms. The van der Waals surface area contributed by atoms with Crippen LogP contribution in [0.25, 0.3) is 0 Å². The zero-order valence-electron chi connectivity index (χ0n) is 7.50. The van der Waals surface area contributed by atoms with E-state index >= 15 is 0 Å². The molecule has 0 radical (unpaired) electrons. The largest absolute Gasteiger partial charge is 0.415 e. The van der Waals surface area contributed by atoms with Crippen LogP contribution in [0.2, 0.25) is 0 Å². The molecule has 0 aliphatic rings. The number of rotatable bonds is 4. The Labute approximate surface area is 76.1 Å². The smallest absolute Gasteiger partial charge is 0.276 e. The lowest BCUT2D eigenvalue weighted by Gasteiger charge is -2.03. The van der Waals surface area contributed by atoms with Gasteiger partial charge >= 0.3 is 0 Å². The van der Waals surface area contributed by atoms with Crippen LogP contribution in [-0.2, 0) is 6.54 Å². The molecule has 1 aromatic rings. The third kappa shape index (κ3) is 2.83. The number of aromatic nitrogens is 2. The first kappa shape index (κ1) is 9.54. The summed E-state index contributed by atoms with van der Waals surface area (Å²) in [5, 5.41) is 11.5. The van der Waals surface area contributed by atoms with Gasteiger partial charge in [0.25, 0.3) is 5.22 Å². The average molecular weight is 187 g/mol. The molecule has 12 heavy (non-hydrogen) atoms. The summed E-state index contributed by atoms with van der Waals surface area (Å²) in [5.74, 6) is 0.646. The minimum Gasteiger partial charge on any atom is -0.415 e. The summed E-state index contributed by atoms with van der Waals surface area (Å²) in [5.41, 5.74) is 0. The van der Waals surface area contributed by atoms with Crippen molar-refractivity contribution in [2.24, 2.45) is 0 Å². The van der Waals surface area contributed by atoms with Gasteiger partial charge in [-0.25, -0.2) is 0 Å². The highest BCUT2D eigenvalue weighted by atomic mass is 32.2. The fourth-order valence-corrected chi connectivity index (χ4v) is 0.986. The van der Waals surface area contributed by atoms with E-state index < -0.39 is 0 Å². The molecule has 0 saturated carbocycles. The third-order valence-electron chi connectivity index (χ3n) is 1.28. The van der Waals surface area contributed by atoms with Crippen LogP contribution < -0.4 is 5.32 Å². The Balaban J connectivity index is 2.41. The first-order valence-electron chi connectivity index (χ1n) is 3.82. The Kier molecular flexibility index (Phi) is 3.55. The SMILES string of the molecule is CSc1nnc(CNC(C)C)o1. The minimum absolute atomic E-state index is 0.439. The highest BCUT2D eigenvalue weighted by Crippen LogP contribution is 2.11. The van der Waals surface area contributed by atoms with Crippen molar-refractivity contribution in [2.45, 2.75) is 31.7 Å². The number of hydrogen-bond donors (Lipinski definition) is 1. The van der Waals surface area contributed by atoms with E-state index in [0.29, 0.717) is 23.7 Å². The van der Waals surface area contributed by atoms with Gasteiger partial charge in [-0.05, 0) is 6.26 Å². The third-order valence-corrected chi connectivity index (χ3v) is 1.80. The van der Waals surface area contributed by atoms with Crippen LogP contribution in [-0.4, -0.2) is 22.5 Å². The standard InChI is InChI=1S/C7H13N3OS/c1-5(2)8-4-6-9-10-7(11-6)12-3/h5,8H,4H2,1-3H3. The van der Waals surface area contributed by atoms with Crippen molar-refractivity contribution in [3.8, 4) is 0 Å². The maximum absolute atomic E-state index is 5.26. The van der Waals surface area contributed by atoms with Gasteiger partial charge in [-0.1, -0.05) is 25.6 Å². The van der Waals surface area contributed by atoms with Crippen LogP contribution in [0.5, 0.6) is 0 Å². The van der Waals surface area contributed by atoms with Gasteiger partial charge < -0.3 is 9.73 Å². The second kappa shape index (κ2) is 4.47. The number of nitrogens with one attached hydrogen (secondary N) is 1. The predicted octanol–water partition coefficient (Wildman–Crippen LogP) is 1.29. The molecule has 4 nitrogen and oxygen atoms in total. The van der Waals surface area contributed by atoms with Crippen molar-refractivity contribution in [1.29, 1.82) is 0 Å². The predicted molar refractivity (Wildman–Crippen MR) is 48.1 cm³/mol. The summed E-state index contributed by atoms with van der Waals surface area (Å²) in [6, 6.07) is 0.439. The fraction of sp³-hybridized carbons (Fsp3) is 0.714. The van der Waals surface area contributed by atoms with Crippen molar-refractivity contribution in [2.75, 3.05) is 6.26 Å². The van der Waals surface area contributed by atoms with Gasteiger partial charge in [0.2, 0.25) is 5.89 Å². The molecule has 1 N–H and O–H groups in total. The van der Waals surface area contributed by atoms with Crippen LogP contribution in [0, 0.1) is 0 Å². The number of thioether (sulfide) groups is 1. The van der Waals surface area contributed by atoms with E-state index in [-0.39, 0.29) is 0 Å². The lowest BCUT2D eigenvalue weighted by atomic mass is 10.4. The normalized spacial score (nSPS) is 11.0. The van der Waals surface area contributed by atoms with Gasteiger partial charge in [0.05, 0.1) is 6.54 Å². The maximum Gasteiger partial charge on any atom is 0.276 e. The summed E-state index contributed by atoms with van der Waals surface area (Å²) in [6.07, 6.45) is 1.91. The second-order valence-corrected chi connectivity index (χ2v) is 3.46. The first-order valence-corrected chi connectivity index (χ1v) is 5.04. The summed E-state index contributed by atoms with van der Waals surface area (Å²) in [7, 11) is 0. The molecule has 0 atom stereocenters. The van der Waals surface area contributed by atoms with Crippen molar-refractivity contribution in [3.63, 3.8) is 0 Å². The zero-order valence-corrected chi connectivity index (χ0v) is 8.31. The molecule has 0 saturated heterocycles. The van der Waals surface area contributed by atoms with Gasteiger partial charge in [0.1, 0.15) is 0 Å². The van der Waals surface area contributed by atoms with E-state index in [9.17, 15) is 0 Å². The highest BCUT2D eigenvalue weighted by Gasteiger charge is 2.03. The summed E-state index contributed by atoms with van der Waals surface area (Å²) in [4.78, 5) is 0. The van der Waals surface area contributed by atoms with E-state index in [2.05, 4.69) is 29.4 Å². The number of hydrogen-bond acceptors (Lipinski definition) is 5. The molecule has 1 rings (SSSR count). The van der Waals surface area contributed by atoms with Crippen LogP contribution in [0.15, 0.2) is 9.64 Å². The molecular formula is C7H13N3OS. The second-order valence-electron chi connectivity index (χ2n) is 2.70. The molecule has 5 heteroatoms. The lowest BCUT2D eigenvalue weighted by molar-refractivity contribution is 0.392. The molecule has 0 aliphatic heterocycles. The van der Waals surface area contributed by atoms with Crippen LogP contribution >= 0.6 is 11.8 Å². The molecule has 0 unspecified atom stereocenters. The minimum atomic E-state index is 0.439. The molecule has 0 spiro atoms. The van der Waals surface area contributed by atoms with Crippen LogP contribution in [0.4, 0.5) is 0 Å². The molecule has 0 aliphatic carbocycles. The van der Waals surface area contributed by atoms with Gasteiger partial charge in [-0.3, -0.25) is 0 Å². The Morgan fingerprint density at radius 3 is 2.75 bits per heavy atom. The fourth-order valence-electron chi connectivity index (χ4n) is 0.684. The molecule has 68 valence electrons. The Bertz CT molecular complexity index is 236. The van der Waals surface area contributed by atoms with E-state index in [1.54, 1.807) is 0 Å². The monoisotopic (exact) mass is 187 g/mol. The molecule has 1 aromatic heterocycles. The molecule has 0 amide bonds. The van der Waals surface area contributed by atoms with E-state index in [1.807, 2.05) is 6.26 Å². The average Bonchev–Trinajstić information content (AvgIpc) is 2.48. The summed E-state index contributed by atoms with van der Waals surface area (Å²) >= 11 is 1.46. The highest BCUT2D eigenvalue weighted by molar-refractivity contribution is 7.98. The molecule has 0 aromatic carbocycles. The Morgan fingerprint density at radius 1 is 1.50 bits per heavy atom. The molecular weight excluding hydrogens is 174 g/mol. The quantitative estimate of drug-likeness (QED) is 0.720. The van der Waals surface area contributed by atoms with Gasteiger partial charge in [0.15, 0.2) is 0 Å². The molecule has 1 heterocycles. The summed E-state index contributed by atoms with van der Waals surface area (Å²) in [6.45, 7) is 4.79. The lowest BCUT2D eigenvalue weighted by Crippen LogP contribution is -2.21. The summed E-state index contributed by atoms with van der Waals surface area (Å²) < 4.78 is 5.26.